The topological polar surface area (TPSA) is 56.2 Å². The van der Waals surface area contributed by atoms with E-state index in [0.717, 1.165) is 21.5 Å². The van der Waals surface area contributed by atoms with E-state index in [1.165, 1.54) is 12.1 Å². The fourth-order valence-corrected chi connectivity index (χ4v) is 3.06. The van der Waals surface area contributed by atoms with Gasteiger partial charge in [-0.2, -0.15) is 0 Å². The van der Waals surface area contributed by atoms with Crippen molar-refractivity contribution in [3.05, 3.63) is 59.9 Å². The number of hydrogen-bond acceptors (Lipinski definition) is 3. The Labute approximate surface area is 126 Å². The third-order valence-electron chi connectivity index (χ3n) is 3.24. The maximum atomic E-state index is 13.4. The summed E-state index contributed by atoms with van der Waals surface area (Å²) in [5.74, 6) is 0.0108. The molecule has 0 aliphatic rings. The highest BCUT2D eigenvalue weighted by atomic mass is 32.2. The number of hydrogen-bond donors (Lipinski definition) is 3. The molecule has 1 heterocycles. The van der Waals surface area contributed by atoms with Gasteiger partial charge in [0.1, 0.15) is 5.82 Å². The quantitative estimate of drug-likeness (QED) is 0.512. The Hall–Kier alpha value is -1.76. The summed E-state index contributed by atoms with van der Waals surface area (Å²) in [5.41, 5.74) is 1.82. The molecule has 3 aromatic rings. The smallest absolute Gasteiger partial charge is 0.423 e. The Morgan fingerprint density at radius 3 is 2.67 bits per heavy atom. The minimum Gasteiger partial charge on any atom is -0.423 e. The van der Waals surface area contributed by atoms with E-state index in [0.29, 0.717) is 5.75 Å². The number of aromatic nitrogens is 1. The number of thioether (sulfide) groups is 1. The molecule has 3 nitrogen and oxygen atoms in total. The van der Waals surface area contributed by atoms with Crippen LogP contribution in [-0.4, -0.2) is 22.2 Å². The second kappa shape index (κ2) is 5.93. The summed E-state index contributed by atoms with van der Waals surface area (Å²) in [7, 11) is -1.79. The molecule has 0 aliphatic carbocycles. The van der Waals surface area contributed by atoms with Gasteiger partial charge in [0.15, 0.2) is 0 Å². The van der Waals surface area contributed by atoms with Crippen LogP contribution in [0.4, 0.5) is 4.39 Å². The van der Waals surface area contributed by atoms with E-state index in [9.17, 15) is 4.39 Å². The summed E-state index contributed by atoms with van der Waals surface area (Å²) >= 11 is 1.58. The Kier molecular flexibility index (Phi) is 4.01. The first-order valence-electron chi connectivity index (χ1n) is 6.48. The van der Waals surface area contributed by atoms with Crippen LogP contribution in [0.1, 0.15) is 5.56 Å². The predicted octanol–water partition coefficient (Wildman–Crippen LogP) is 2.28. The molecule has 2 aromatic carbocycles. The predicted molar refractivity (Wildman–Crippen MR) is 84.1 cm³/mol. The van der Waals surface area contributed by atoms with E-state index in [4.69, 9.17) is 10.0 Å². The van der Waals surface area contributed by atoms with Crippen molar-refractivity contribution in [1.82, 2.24) is 4.98 Å². The lowest BCUT2D eigenvalue weighted by atomic mass is 9.79. The maximum absolute atomic E-state index is 13.4. The molecule has 3 rings (SSSR count). The lowest BCUT2D eigenvalue weighted by molar-refractivity contribution is 0.423. The second-order valence-corrected chi connectivity index (χ2v) is 5.76. The van der Waals surface area contributed by atoms with Gasteiger partial charge in [0, 0.05) is 22.1 Å². The molecular formula is C15H13BFNO2S. The van der Waals surface area contributed by atoms with Crippen LogP contribution in [0.2, 0.25) is 0 Å². The van der Waals surface area contributed by atoms with Gasteiger partial charge in [0.2, 0.25) is 0 Å². The van der Waals surface area contributed by atoms with E-state index in [2.05, 4.69) is 11.1 Å². The number of nitrogens with one attached hydrogen (secondary N) is 1. The van der Waals surface area contributed by atoms with Gasteiger partial charge in [-0.1, -0.05) is 30.3 Å². The first-order chi connectivity index (χ1) is 10.1. The van der Waals surface area contributed by atoms with Gasteiger partial charge in [-0.15, -0.1) is 11.8 Å². The van der Waals surface area contributed by atoms with Crippen molar-refractivity contribution in [2.45, 2.75) is 10.8 Å². The van der Waals surface area contributed by atoms with Crippen LogP contribution in [0.25, 0.3) is 10.9 Å². The average molecular weight is 301 g/mol. The fourth-order valence-electron chi connectivity index (χ4n) is 2.17. The van der Waals surface area contributed by atoms with Crippen molar-refractivity contribution in [3.8, 4) is 0 Å². The number of benzene rings is 2. The van der Waals surface area contributed by atoms with Crippen LogP contribution < -0.4 is 5.46 Å². The van der Waals surface area contributed by atoms with Gasteiger partial charge in [-0.3, -0.25) is 0 Å². The number of para-hydroxylation sites is 1. The molecule has 0 unspecified atom stereocenters. The summed E-state index contributed by atoms with van der Waals surface area (Å²) < 4.78 is 13.4. The van der Waals surface area contributed by atoms with Crippen LogP contribution in [0.3, 0.4) is 0 Å². The third kappa shape index (κ3) is 3.13. The molecule has 0 aliphatic heterocycles. The highest BCUT2D eigenvalue weighted by Gasteiger charge is 2.16. The molecular weight excluding hydrogens is 288 g/mol. The summed E-state index contributed by atoms with van der Waals surface area (Å²) in [5, 5.41) is 20.4. The van der Waals surface area contributed by atoms with E-state index in [1.54, 1.807) is 17.8 Å². The molecule has 3 N–H and O–H groups in total. The molecule has 6 heteroatoms. The molecule has 0 radical (unpaired) electrons. The maximum Gasteiger partial charge on any atom is 0.491 e. The number of rotatable bonds is 4. The number of halogens is 1. The van der Waals surface area contributed by atoms with Crippen LogP contribution in [-0.2, 0) is 5.75 Å². The zero-order valence-corrected chi connectivity index (χ0v) is 11.9. The third-order valence-corrected chi connectivity index (χ3v) is 4.25. The molecule has 0 bridgehead atoms. The van der Waals surface area contributed by atoms with Gasteiger partial charge >= 0.3 is 7.12 Å². The normalized spacial score (nSPS) is 11.0. The van der Waals surface area contributed by atoms with Crippen molar-refractivity contribution in [3.63, 3.8) is 0 Å². The molecule has 1 aromatic heterocycles. The Bertz CT molecular complexity index is 742. The minimum atomic E-state index is -1.79. The largest absolute Gasteiger partial charge is 0.491 e. The highest BCUT2D eigenvalue weighted by Crippen LogP contribution is 2.25. The molecule has 0 atom stereocenters. The van der Waals surface area contributed by atoms with Gasteiger partial charge in [0.25, 0.3) is 0 Å². The SMILES string of the molecule is OB(O)c1cc(CSc2cc3ccccc3[nH]2)ccc1F. The molecule has 0 saturated heterocycles. The van der Waals surface area contributed by atoms with Crippen LogP contribution in [0.15, 0.2) is 53.6 Å². The number of H-pyrrole nitrogens is 1. The van der Waals surface area contributed by atoms with E-state index in [1.807, 2.05) is 24.3 Å². The first-order valence-corrected chi connectivity index (χ1v) is 7.47. The lowest BCUT2D eigenvalue weighted by Gasteiger charge is -2.05. The zero-order chi connectivity index (χ0) is 14.8. The van der Waals surface area contributed by atoms with Gasteiger partial charge in [0.05, 0.1) is 5.03 Å². The zero-order valence-electron chi connectivity index (χ0n) is 11.1. The number of aromatic amines is 1. The standard InChI is InChI=1S/C15H13BFNO2S/c17-13-6-5-10(7-12(13)16(19)20)9-21-15-8-11-3-1-2-4-14(11)18-15/h1-8,18-20H,9H2. The van der Waals surface area contributed by atoms with Gasteiger partial charge in [-0.25, -0.2) is 4.39 Å². The molecule has 0 spiro atoms. The van der Waals surface area contributed by atoms with Crippen molar-refractivity contribution in [2.24, 2.45) is 0 Å². The average Bonchev–Trinajstić information content (AvgIpc) is 2.89. The molecule has 0 amide bonds. The Morgan fingerprint density at radius 1 is 1.10 bits per heavy atom. The summed E-state index contributed by atoms with van der Waals surface area (Å²) in [6.07, 6.45) is 0. The van der Waals surface area contributed by atoms with Gasteiger partial charge in [-0.05, 0) is 23.8 Å². The van der Waals surface area contributed by atoms with E-state index < -0.39 is 12.9 Å². The molecule has 106 valence electrons. The van der Waals surface area contributed by atoms with Crippen LogP contribution in [0, 0.1) is 5.82 Å². The molecule has 0 fully saturated rings. The lowest BCUT2D eigenvalue weighted by Crippen LogP contribution is -2.32. The summed E-state index contributed by atoms with van der Waals surface area (Å²) in [4.78, 5) is 3.30. The van der Waals surface area contributed by atoms with E-state index in [-0.39, 0.29) is 5.46 Å². The number of fused-ring (bicyclic) bond motifs is 1. The monoisotopic (exact) mass is 301 g/mol. The van der Waals surface area contributed by atoms with Crippen molar-refractivity contribution >= 4 is 35.2 Å². The minimum absolute atomic E-state index is 0.0928. The molecule has 0 saturated carbocycles. The van der Waals surface area contributed by atoms with Crippen molar-refractivity contribution in [2.75, 3.05) is 0 Å². The fraction of sp³-hybridized carbons (Fsp3) is 0.0667. The highest BCUT2D eigenvalue weighted by molar-refractivity contribution is 7.98. The van der Waals surface area contributed by atoms with E-state index >= 15 is 0 Å². The van der Waals surface area contributed by atoms with Crippen LogP contribution in [0.5, 0.6) is 0 Å². The van der Waals surface area contributed by atoms with Gasteiger partial charge < -0.3 is 15.0 Å². The first kappa shape index (κ1) is 14.2. The Balaban J connectivity index is 1.76. The van der Waals surface area contributed by atoms with Crippen molar-refractivity contribution < 1.29 is 14.4 Å². The van der Waals surface area contributed by atoms with Crippen LogP contribution >= 0.6 is 11.8 Å². The van der Waals surface area contributed by atoms with Crippen molar-refractivity contribution in [1.29, 1.82) is 0 Å². The molecule has 21 heavy (non-hydrogen) atoms. The second-order valence-electron chi connectivity index (χ2n) is 4.74. The summed E-state index contributed by atoms with van der Waals surface area (Å²) in [6.45, 7) is 0. The Morgan fingerprint density at radius 2 is 1.90 bits per heavy atom. The summed E-state index contributed by atoms with van der Waals surface area (Å²) in [6, 6.07) is 14.5.